The highest BCUT2D eigenvalue weighted by atomic mass is 16.5. The molecule has 0 aromatic heterocycles. The SMILES string of the molecule is Cc1cc(C(=O)O)cc2c1O[C@H](C(C)(O)CO)C2. The summed E-state index contributed by atoms with van der Waals surface area (Å²) >= 11 is 0. The molecule has 18 heavy (non-hydrogen) atoms. The smallest absolute Gasteiger partial charge is 0.335 e. The number of carboxylic acid groups (broad SMARTS) is 1. The summed E-state index contributed by atoms with van der Waals surface area (Å²) in [7, 11) is 0. The highest BCUT2D eigenvalue weighted by Gasteiger charge is 2.38. The van der Waals surface area contributed by atoms with Crippen LogP contribution in [0.15, 0.2) is 12.1 Å². The van der Waals surface area contributed by atoms with Crippen LogP contribution in [-0.2, 0) is 6.42 Å². The Balaban J connectivity index is 2.35. The van der Waals surface area contributed by atoms with E-state index in [0.29, 0.717) is 12.2 Å². The zero-order chi connectivity index (χ0) is 13.5. The van der Waals surface area contributed by atoms with Gasteiger partial charge >= 0.3 is 5.97 Å². The highest BCUT2D eigenvalue weighted by molar-refractivity contribution is 5.88. The number of hydrogen-bond acceptors (Lipinski definition) is 4. The maximum absolute atomic E-state index is 11.0. The van der Waals surface area contributed by atoms with Gasteiger partial charge in [0.25, 0.3) is 0 Å². The van der Waals surface area contributed by atoms with E-state index in [-0.39, 0.29) is 5.56 Å². The molecule has 2 rings (SSSR count). The molecule has 0 amide bonds. The fraction of sp³-hybridized carbons (Fsp3) is 0.462. The van der Waals surface area contributed by atoms with Crippen molar-refractivity contribution in [2.75, 3.05) is 6.61 Å². The van der Waals surface area contributed by atoms with Crippen LogP contribution in [0.2, 0.25) is 0 Å². The first-order valence-corrected chi connectivity index (χ1v) is 5.72. The summed E-state index contributed by atoms with van der Waals surface area (Å²) < 4.78 is 5.63. The van der Waals surface area contributed by atoms with Gasteiger partial charge in [-0.05, 0) is 37.1 Å². The first-order valence-electron chi connectivity index (χ1n) is 5.72. The van der Waals surface area contributed by atoms with Crippen LogP contribution in [0.5, 0.6) is 5.75 Å². The summed E-state index contributed by atoms with van der Waals surface area (Å²) in [5.74, 6) is -0.378. The predicted octanol–water partition coefficient (Wildman–Crippen LogP) is 0.740. The third-order valence-electron chi connectivity index (χ3n) is 3.28. The van der Waals surface area contributed by atoms with E-state index < -0.39 is 24.3 Å². The van der Waals surface area contributed by atoms with E-state index in [0.717, 1.165) is 11.1 Å². The van der Waals surface area contributed by atoms with Crippen molar-refractivity contribution in [2.24, 2.45) is 0 Å². The Hall–Kier alpha value is -1.59. The zero-order valence-corrected chi connectivity index (χ0v) is 10.3. The zero-order valence-electron chi connectivity index (χ0n) is 10.3. The van der Waals surface area contributed by atoms with Gasteiger partial charge in [0, 0.05) is 6.42 Å². The Bertz CT molecular complexity index is 492. The van der Waals surface area contributed by atoms with Crippen molar-refractivity contribution in [1.82, 2.24) is 0 Å². The van der Waals surface area contributed by atoms with Gasteiger partial charge in [0.2, 0.25) is 0 Å². The van der Waals surface area contributed by atoms with Gasteiger partial charge in [0.05, 0.1) is 12.2 Å². The van der Waals surface area contributed by atoms with Gasteiger partial charge in [-0.3, -0.25) is 0 Å². The topological polar surface area (TPSA) is 87.0 Å². The molecular weight excluding hydrogens is 236 g/mol. The Morgan fingerprint density at radius 1 is 1.56 bits per heavy atom. The molecule has 0 saturated carbocycles. The van der Waals surface area contributed by atoms with Crippen LogP contribution in [-0.4, -0.2) is 39.6 Å². The van der Waals surface area contributed by atoms with Crippen LogP contribution in [0, 0.1) is 6.92 Å². The van der Waals surface area contributed by atoms with Crippen LogP contribution in [0.1, 0.15) is 28.4 Å². The van der Waals surface area contributed by atoms with Crippen molar-refractivity contribution in [1.29, 1.82) is 0 Å². The second-order valence-corrected chi connectivity index (χ2v) is 4.91. The number of aliphatic hydroxyl groups is 2. The van der Waals surface area contributed by atoms with Gasteiger partial charge < -0.3 is 20.1 Å². The van der Waals surface area contributed by atoms with Gasteiger partial charge in [-0.25, -0.2) is 4.79 Å². The molecule has 3 N–H and O–H groups in total. The van der Waals surface area contributed by atoms with Crippen LogP contribution in [0.3, 0.4) is 0 Å². The van der Waals surface area contributed by atoms with Crippen LogP contribution in [0.4, 0.5) is 0 Å². The number of benzene rings is 1. The van der Waals surface area contributed by atoms with Crippen LogP contribution in [0.25, 0.3) is 0 Å². The minimum absolute atomic E-state index is 0.208. The molecule has 2 atom stereocenters. The monoisotopic (exact) mass is 252 g/mol. The van der Waals surface area contributed by atoms with E-state index >= 15 is 0 Å². The van der Waals surface area contributed by atoms with Crippen molar-refractivity contribution in [3.63, 3.8) is 0 Å². The molecule has 1 aromatic carbocycles. The minimum Gasteiger partial charge on any atom is -0.486 e. The molecule has 1 unspecified atom stereocenters. The predicted molar refractivity (Wildman–Crippen MR) is 64.0 cm³/mol. The largest absolute Gasteiger partial charge is 0.486 e. The first-order chi connectivity index (χ1) is 8.35. The number of aliphatic hydroxyl groups excluding tert-OH is 1. The molecule has 0 spiro atoms. The summed E-state index contributed by atoms with van der Waals surface area (Å²) in [6, 6.07) is 3.09. The molecule has 1 aliphatic rings. The molecule has 0 saturated heterocycles. The lowest BCUT2D eigenvalue weighted by Gasteiger charge is -2.27. The van der Waals surface area contributed by atoms with E-state index in [1.807, 2.05) is 0 Å². The Kier molecular flexibility index (Phi) is 3.04. The lowest BCUT2D eigenvalue weighted by Crippen LogP contribution is -2.45. The van der Waals surface area contributed by atoms with Crippen LogP contribution >= 0.6 is 0 Å². The van der Waals surface area contributed by atoms with Gasteiger partial charge in [0.1, 0.15) is 17.5 Å². The molecule has 5 heteroatoms. The van der Waals surface area contributed by atoms with Gasteiger partial charge in [0.15, 0.2) is 0 Å². The normalized spacial score (nSPS) is 21.0. The van der Waals surface area contributed by atoms with Gasteiger partial charge in [-0.1, -0.05) is 0 Å². The number of aromatic carboxylic acids is 1. The summed E-state index contributed by atoms with van der Waals surface area (Å²) in [5, 5.41) is 28.1. The fourth-order valence-corrected chi connectivity index (χ4v) is 2.12. The number of aryl methyl sites for hydroxylation is 1. The quantitative estimate of drug-likeness (QED) is 0.738. The molecule has 1 heterocycles. The van der Waals surface area contributed by atoms with E-state index in [2.05, 4.69) is 0 Å². The van der Waals surface area contributed by atoms with Crippen molar-refractivity contribution in [3.05, 3.63) is 28.8 Å². The van der Waals surface area contributed by atoms with Crippen molar-refractivity contribution in [2.45, 2.75) is 32.0 Å². The summed E-state index contributed by atoms with van der Waals surface area (Å²) in [6.45, 7) is 2.86. The van der Waals surface area contributed by atoms with E-state index in [1.165, 1.54) is 13.0 Å². The van der Waals surface area contributed by atoms with Crippen molar-refractivity contribution >= 4 is 5.97 Å². The van der Waals surface area contributed by atoms with Crippen molar-refractivity contribution in [3.8, 4) is 5.75 Å². The second-order valence-electron chi connectivity index (χ2n) is 4.91. The number of carboxylic acids is 1. The molecule has 0 radical (unpaired) electrons. The summed E-state index contributed by atoms with van der Waals surface area (Å²) in [6.07, 6.45) is -0.162. The number of rotatable bonds is 3. The number of hydrogen-bond donors (Lipinski definition) is 3. The molecular formula is C13H16O5. The number of carbonyl (C=O) groups is 1. The molecule has 0 bridgehead atoms. The molecule has 98 valence electrons. The van der Waals surface area contributed by atoms with E-state index in [9.17, 15) is 9.90 Å². The summed E-state index contributed by atoms with van der Waals surface area (Å²) in [5.41, 5.74) is 0.348. The first kappa shape index (κ1) is 12.9. The average molecular weight is 252 g/mol. The van der Waals surface area contributed by atoms with E-state index in [1.54, 1.807) is 13.0 Å². The molecule has 0 fully saturated rings. The van der Waals surface area contributed by atoms with Crippen LogP contribution < -0.4 is 4.74 Å². The third kappa shape index (κ3) is 2.07. The minimum atomic E-state index is -1.34. The molecule has 1 aliphatic heterocycles. The third-order valence-corrected chi connectivity index (χ3v) is 3.28. The Labute approximate surface area is 105 Å². The number of fused-ring (bicyclic) bond motifs is 1. The lowest BCUT2D eigenvalue weighted by molar-refractivity contribution is -0.0730. The highest BCUT2D eigenvalue weighted by Crippen LogP contribution is 2.36. The maximum Gasteiger partial charge on any atom is 0.335 e. The summed E-state index contributed by atoms with van der Waals surface area (Å²) in [4.78, 5) is 11.0. The standard InChI is InChI=1S/C13H16O5/c1-7-3-9(12(15)16)4-8-5-10(18-11(7)8)13(2,17)6-14/h3-4,10,14,17H,5-6H2,1-2H3,(H,15,16)/t10-,13?/m0/s1. The molecule has 1 aromatic rings. The molecule has 5 nitrogen and oxygen atoms in total. The molecule has 0 aliphatic carbocycles. The maximum atomic E-state index is 11.0. The second kappa shape index (κ2) is 4.26. The number of ether oxygens (including phenoxy) is 1. The van der Waals surface area contributed by atoms with Gasteiger partial charge in [-0.15, -0.1) is 0 Å². The van der Waals surface area contributed by atoms with Crippen molar-refractivity contribution < 1.29 is 24.9 Å². The lowest BCUT2D eigenvalue weighted by atomic mass is 9.95. The van der Waals surface area contributed by atoms with E-state index in [4.69, 9.17) is 14.9 Å². The van der Waals surface area contributed by atoms with Gasteiger partial charge in [-0.2, -0.15) is 0 Å². The fourth-order valence-electron chi connectivity index (χ4n) is 2.12. The Morgan fingerprint density at radius 2 is 2.22 bits per heavy atom. The Morgan fingerprint density at radius 3 is 2.78 bits per heavy atom. The average Bonchev–Trinajstić information content (AvgIpc) is 2.74.